The van der Waals surface area contributed by atoms with Crippen molar-refractivity contribution in [3.05, 3.63) is 50.6 Å². The maximum Gasteiger partial charge on any atom is 0.228 e. The van der Waals surface area contributed by atoms with Crippen LogP contribution < -0.4 is 4.90 Å². The van der Waals surface area contributed by atoms with Crippen molar-refractivity contribution < 1.29 is 4.79 Å². The quantitative estimate of drug-likeness (QED) is 0.786. The second-order valence-electron chi connectivity index (χ2n) is 5.67. The number of hydrogen-bond donors (Lipinski definition) is 0. The third kappa shape index (κ3) is 3.59. The molecule has 0 N–H and O–H groups in total. The lowest BCUT2D eigenvalue weighted by molar-refractivity contribution is -0.118. The number of nitrogens with zero attached hydrogens (tertiary/aromatic N) is 2. The monoisotopic (exact) mass is 378 g/mol. The number of fused-ring (bicyclic) bond motifs is 1. The second-order valence-corrected chi connectivity index (χ2v) is 7.96. The van der Waals surface area contributed by atoms with Gasteiger partial charge in [-0.3, -0.25) is 4.79 Å². The van der Waals surface area contributed by atoms with Crippen LogP contribution in [0.3, 0.4) is 0 Å². The van der Waals surface area contributed by atoms with E-state index in [-0.39, 0.29) is 5.91 Å². The molecule has 116 valence electrons. The molecule has 0 fully saturated rings. The average molecular weight is 379 g/mol. The zero-order valence-electron chi connectivity index (χ0n) is 12.6. The van der Waals surface area contributed by atoms with Crippen molar-refractivity contribution >= 4 is 38.9 Å². The van der Waals surface area contributed by atoms with E-state index in [1.54, 1.807) is 11.3 Å². The molecule has 0 atom stereocenters. The van der Waals surface area contributed by atoms with Crippen LogP contribution >= 0.6 is 27.3 Å². The summed E-state index contributed by atoms with van der Waals surface area (Å²) < 4.78 is 1.15. The molecule has 2 aromatic rings. The molecule has 0 aliphatic carbocycles. The molecule has 3 rings (SSSR count). The molecule has 0 bridgehead atoms. The molecule has 0 saturated carbocycles. The van der Waals surface area contributed by atoms with Crippen molar-refractivity contribution in [1.29, 1.82) is 0 Å². The summed E-state index contributed by atoms with van der Waals surface area (Å²) in [5.74, 6) is 0.225. The number of halogens is 1. The van der Waals surface area contributed by atoms with Gasteiger partial charge < -0.3 is 9.80 Å². The Morgan fingerprint density at radius 2 is 2.23 bits per heavy atom. The number of anilines is 1. The van der Waals surface area contributed by atoms with Gasteiger partial charge in [0.05, 0.1) is 3.79 Å². The van der Waals surface area contributed by atoms with Gasteiger partial charge in [0.1, 0.15) is 0 Å². The number of hydrogen-bond acceptors (Lipinski definition) is 3. The molecule has 5 heteroatoms. The van der Waals surface area contributed by atoms with Gasteiger partial charge in [0.2, 0.25) is 5.91 Å². The molecule has 3 nitrogen and oxygen atoms in total. The average Bonchev–Trinajstić information content (AvgIpc) is 3.11. The molecular formula is C17H19BrN2OS. The second kappa shape index (κ2) is 6.94. The number of carbonyl (C=O) groups is 1. The van der Waals surface area contributed by atoms with Crippen molar-refractivity contribution in [1.82, 2.24) is 4.90 Å². The smallest absolute Gasteiger partial charge is 0.228 e. The Labute approximate surface area is 143 Å². The highest BCUT2D eigenvalue weighted by Crippen LogP contribution is 2.28. The third-order valence-corrected chi connectivity index (χ3v) is 5.52. The Morgan fingerprint density at radius 3 is 3.00 bits per heavy atom. The maximum atomic E-state index is 12.5. The molecule has 0 radical (unpaired) electrons. The van der Waals surface area contributed by atoms with E-state index in [0.717, 1.165) is 35.5 Å². The minimum Gasteiger partial charge on any atom is -0.312 e. The predicted molar refractivity (Wildman–Crippen MR) is 95.5 cm³/mol. The van der Waals surface area contributed by atoms with Crippen molar-refractivity contribution in [2.45, 2.75) is 19.4 Å². The predicted octanol–water partition coefficient (Wildman–Crippen LogP) is 3.92. The summed E-state index contributed by atoms with van der Waals surface area (Å²) >= 11 is 5.18. The lowest BCUT2D eigenvalue weighted by Crippen LogP contribution is -2.32. The van der Waals surface area contributed by atoms with E-state index in [1.807, 2.05) is 23.1 Å². The Balaban J connectivity index is 1.52. The summed E-state index contributed by atoms with van der Waals surface area (Å²) in [5, 5.41) is 2.15. The van der Waals surface area contributed by atoms with E-state index in [0.29, 0.717) is 6.42 Å². The van der Waals surface area contributed by atoms with Gasteiger partial charge in [0.15, 0.2) is 0 Å². The number of rotatable bonds is 5. The largest absolute Gasteiger partial charge is 0.312 e. The number of carbonyl (C=O) groups excluding carboxylic acids is 1. The van der Waals surface area contributed by atoms with Gasteiger partial charge in [-0.25, -0.2) is 0 Å². The standard InChI is InChI=1S/C17H19BrN2OS/c1-19(11-13-10-16(18)22-12-13)8-7-17(21)20-9-6-14-4-2-3-5-15(14)20/h2-5,10,12H,6-9,11H2,1H3. The topological polar surface area (TPSA) is 23.6 Å². The van der Waals surface area contributed by atoms with Gasteiger partial charge in [0, 0.05) is 31.7 Å². The van der Waals surface area contributed by atoms with E-state index in [1.165, 1.54) is 11.1 Å². The fraction of sp³-hybridized carbons (Fsp3) is 0.353. The zero-order chi connectivity index (χ0) is 15.5. The lowest BCUT2D eigenvalue weighted by Gasteiger charge is -2.20. The normalized spacial score (nSPS) is 13.7. The number of para-hydroxylation sites is 1. The molecular weight excluding hydrogens is 360 g/mol. The maximum absolute atomic E-state index is 12.5. The molecule has 1 aliphatic heterocycles. The summed E-state index contributed by atoms with van der Waals surface area (Å²) in [7, 11) is 2.07. The number of benzene rings is 1. The highest BCUT2D eigenvalue weighted by Gasteiger charge is 2.23. The third-order valence-electron chi connectivity index (χ3n) is 3.97. The van der Waals surface area contributed by atoms with Gasteiger partial charge in [-0.15, -0.1) is 11.3 Å². The summed E-state index contributed by atoms with van der Waals surface area (Å²) in [4.78, 5) is 16.6. The molecule has 0 spiro atoms. The molecule has 0 unspecified atom stereocenters. The first-order valence-electron chi connectivity index (χ1n) is 7.43. The van der Waals surface area contributed by atoms with E-state index in [9.17, 15) is 4.79 Å². The Bertz CT molecular complexity index is 670. The van der Waals surface area contributed by atoms with Crippen molar-refractivity contribution in [3.8, 4) is 0 Å². The van der Waals surface area contributed by atoms with Crippen LogP contribution in [0.15, 0.2) is 39.5 Å². The minimum atomic E-state index is 0.225. The fourth-order valence-electron chi connectivity index (χ4n) is 2.84. The number of amides is 1. The van der Waals surface area contributed by atoms with Crippen LogP contribution in [0, 0.1) is 0 Å². The zero-order valence-corrected chi connectivity index (χ0v) is 15.0. The van der Waals surface area contributed by atoms with Gasteiger partial charge in [-0.2, -0.15) is 0 Å². The molecule has 22 heavy (non-hydrogen) atoms. The first-order chi connectivity index (χ1) is 10.6. The minimum absolute atomic E-state index is 0.225. The van der Waals surface area contributed by atoms with E-state index < -0.39 is 0 Å². The first kappa shape index (κ1) is 15.7. The lowest BCUT2D eigenvalue weighted by atomic mass is 10.2. The van der Waals surface area contributed by atoms with Crippen molar-refractivity contribution in [2.24, 2.45) is 0 Å². The highest BCUT2D eigenvalue weighted by atomic mass is 79.9. The molecule has 0 saturated heterocycles. The summed E-state index contributed by atoms with van der Waals surface area (Å²) in [6.07, 6.45) is 1.54. The van der Waals surface area contributed by atoms with Crippen LogP contribution in [0.5, 0.6) is 0 Å². The molecule has 1 amide bonds. The van der Waals surface area contributed by atoms with Crippen LogP contribution in [0.25, 0.3) is 0 Å². The van der Waals surface area contributed by atoms with Gasteiger partial charge >= 0.3 is 0 Å². The summed E-state index contributed by atoms with van der Waals surface area (Å²) in [5.41, 5.74) is 3.67. The van der Waals surface area contributed by atoms with Crippen molar-refractivity contribution in [3.63, 3.8) is 0 Å². The van der Waals surface area contributed by atoms with Gasteiger partial charge in [-0.1, -0.05) is 18.2 Å². The summed E-state index contributed by atoms with van der Waals surface area (Å²) in [6, 6.07) is 10.3. The Hall–Kier alpha value is -1.17. The van der Waals surface area contributed by atoms with E-state index in [4.69, 9.17) is 0 Å². The molecule has 1 aromatic heterocycles. The van der Waals surface area contributed by atoms with Crippen LogP contribution in [0.1, 0.15) is 17.5 Å². The SMILES string of the molecule is CN(CCC(=O)N1CCc2ccccc21)Cc1csc(Br)c1. The van der Waals surface area contributed by atoms with Crippen LogP contribution in [0.4, 0.5) is 5.69 Å². The van der Waals surface area contributed by atoms with E-state index in [2.05, 4.69) is 45.4 Å². The number of thiophene rings is 1. The van der Waals surface area contributed by atoms with Crippen LogP contribution in [0.2, 0.25) is 0 Å². The first-order valence-corrected chi connectivity index (χ1v) is 9.10. The van der Waals surface area contributed by atoms with Gasteiger partial charge in [-0.05, 0) is 58.0 Å². The van der Waals surface area contributed by atoms with Crippen molar-refractivity contribution in [2.75, 3.05) is 25.0 Å². The fourth-order valence-corrected chi connectivity index (χ4v) is 4.04. The molecule has 2 heterocycles. The Kier molecular flexibility index (Phi) is 4.96. The van der Waals surface area contributed by atoms with Gasteiger partial charge in [0.25, 0.3) is 0 Å². The Morgan fingerprint density at radius 1 is 1.41 bits per heavy atom. The molecule has 1 aliphatic rings. The molecule has 1 aromatic carbocycles. The summed E-state index contributed by atoms with van der Waals surface area (Å²) in [6.45, 7) is 2.48. The highest BCUT2D eigenvalue weighted by molar-refractivity contribution is 9.11. The van der Waals surface area contributed by atoms with E-state index >= 15 is 0 Å². The van der Waals surface area contributed by atoms with Crippen LogP contribution in [-0.2, 0) is 17.8 Å². The van der Waals surface area contributed by atoms with Crippen LogP contribution in [-0.4, -0.2) is 30.9 Å².